The van der Waals surface area contributed by atoms with Crippen LogP contribution in [0.2, 0.25) is 0 Å². The zero-order valence-corrected chi connectivity index (χ0v) is 20.1. The average molecular weight is 507 g/mol. The van der Waals surface area contributed by atoms with Crippen molar-refractivity contribution in [3.8, 4) is 5.75 Å². The van der Waals surface area contributed by atoms with E-state index in [2.05, 4.69) is 10.7 Å². The highest BCUT2D eigenvalue weighted by Gasteiger charge is 2.45. The van der Waals surface area contributed by atoms with E-state index in [0.29, 0.717) is 23.7 Å². The Morgan fingerprint density at radius 2 is 1.67 bits per heavy atom. The van der Waals surface area contributed by atoms with Gasteiger partial charge in [-0.1, -0.05) is 30.3 Å². The van der Waals surface area contributed by atoms with Gasteiger partial charge in [0, 0.05) is 5.69 Å². The topological polar surface area (TPSA) is 91.0 Å². The number of amides is 3. The van der Waals surface area contributed by atoms with E-state index in [0.717, 1.165) is 11.1 Å². The van der Waals surface area contributed by atoms with Crippen molar-refractivity contribution in [3.63, 3.8) is 0 Å². The zero-order chi connectivity index (χ0) is 25.7. The monoisotopic (exact) mass is 506 g/mol. The van der Waals surface area contributed by atoms with Gasteiger partial charge in [-0.2, -0.15) is 0 Å². The quantitative estimate of drug-likeness (QED) is 0.451. The third-order valence-corrected chi connectivity index (χ3v) is 5.78. The van der Waals surface area contributed by atoms with E-state index >= 15 is 0 Å². The van der Waals surface area contributed by atoms with E-state index in [4.69, 9.17) is 17.0 Å². The SMILES string of the molecule is CCOc1ccc(NC(=O)CC2C(=O)N(c3ccccc3)C(=S)N2NC(=O)c2ccccc2F)cc1. The van der Waals surface area contributed by atoms with Gasteiger partial charge in [0.25, 0.3) is 11.8 Å². The van der Waals surface area contributed by atoms with E-state index in [9.17, 15) is 18.8 Å². The molecule has 1 aliphatic heterocycles. The third-order valence-electron chi connectivity index (χ3n) is 5.40. The Labute approximate surface area is 212 Å². The predicted molar refractivity (Wildman–Crippen MR) is 137 cm³/mol. The second-order valence-electron chi connectivity index (χ2n) is 7.81. The molecule has 3 aromatic rings. The summed E-state index contributed by atoms with van der Waals surface area (Å²) >= 11 is 5.50. The molecule has 1 heterocycles. The maximum Gasteiger partial charge on any atom is 0.272 e. The van der Waals surface area contributed by atoms with Gasteiger partial charge in [0.2, 0.25) is 11.0 Å². The Bertz CT molecular complexity index is 1290. The first-order chi connectivity index (χ1) is 17.4. The number of nitrogens with one attached hydrogen (secondary N) is 2. The molecule has 184 valence electrons. The fourth-order valence-corrected chi connectivity index (χ4v) is 4.09. The van der Waals surface area contributed by atoms with Gasteiger partial charge >= 0.3 is 0 Å². The second kappa shape index (κ2) is 11.0. The number of rotatable bonds is 8. The maximum absolute atomic E-state index is 14.2. The molecule has 3 aromatic carbocycles. The number of thiocarbonyl (C=S) groups is 1. The number of anilines is 2. The highest BCUT2D eigenvalue weighted by molar-refractivity contribution is 7.80. The molecule has 1 fully saturated rings. The molecule has 0 aliphatic carbocycles. The van der Waals surface area contributed by atoms with Crippen LogP contribution >= 0.6 is 12.2 Å². The number of hydrazine groups is 1. The van der Waals surface area contributed by atoms with Gasteiger partial charge in [0.05, 0.1) is 24.3 Å². The van der Waals surface area contributed by atoms with Crippen molar-refractivity contribution in [2.75, 3.05) is 16.8 Å². The number of carbonyl (C=O) groups excluding carboxylic acids is 3. The predicted octanol–water partition coefficient (Wildman–Crippen LogP) is 3.90. The molecule has 1 aliphatic rings. The molecule has 0 radical (unpaired) electrons. The van der Waals surface area contributed by atoms with Crippen molar-refractivity contribution in [2.24, 2.45) is 0 Å². The number of ether oxygens (including phenoxy) is 1. The van der Waals surface area contributed by atoms with E-state index in [1.54, 1.807) is 54.6 Å². The third kappa shape index (κ3) is 5.33. The molecule has 8 nitrogen and oxygen atoms in total. The Balaban J connectivity index is 1.56. The summed E-state index contributed by atoms with van der Waals surface area (Å²) in [4.78, 5) is 40.3. The molecule has 1 saturated heterocycles. The fraction of sp³-hybridized carbons (Fsp3) is 0.154. The van der Waals surface area contributed by atoms with Gasteiger partial charge in [0.1, 0.15) is 17.6 Å². The van der Waals surface area contributed by atoms with Crippen molar-refractivity contribution < 1.29 is 23.5 Å². The second-order valence-corrected chi connectivity index (χ2v) is 8.17. The van der Waals surface area contributed by atoms with Crippen LogP contribution in [0.1, 0.15) is 23.7 Å². The van der Waals surface area contributed by atoms with E-state index in [1.807, 2.05) is 6.92 Å². The molecule has 1 atom stereocenters. The molecule has 0 saturated carbocycles. The number of para-hydroxylation sites is 1. The average Bonchev–Trinajstić information content (AvgIpc) is 3.10. The molecule has 3 amide bonds. The lowest BCUT2D eigenvalue weighted by molar-refractivity contribution is -0.124. The lowest BCUT2D eigenvalue weighted by atomic mass is 10.1. The Morgan fingerprint density at radius 1 is 1.00 bits per heavy atom. The molecule has 0 aromatic heterocycles. The molecule has 0 bridgehead atoms. The smallest absolute Gasteiger partial charge is 0.272 e. The largest absolute Gasteiger partial charge is 0.494 e. The minimum Gasteiger partial charge on any atom is -0.494 e. The number of benzene rings is 3. The summed E-state index contributed by atoms with van der Waals surface area (Å²) in [7, 11) is 0. The van der Waals surface area contributed by atoms with Crippen LogP contribution in [0.5, 0.6) is 5.75 Å². The Kier molecular flexibility index (Phi) is 7.55. The first-order valence-electron chi connectivity index (χ1n) is 11.2. The standard InChI is InChI=1S/C26H23FN4O4S/c1-2-35-19-14-12-17(13-15-19)28-23(32)16-22-25(34)30(18-8-4-3-5-9-18)26(36)31(22)29-24(33)20-10-6-7-11-21(20)27/h3-15,22H,2,16H2,1H3,(H,28,32)(H,29,33). The number of carbonyl (C=O) groups is 3. The summed E-state index contributed by atoms with van der Waals surface area (Å²) < 4.78 is 19.6. The van der Waals surface area contributed by atoms with Crippen LogP contribution < -0.4 is 20.4 Å². The van der Waals surface area contributed by atoms with Gasteiger partial charge in [-0.05, 0) is 67.7 Å². The van der Waals surface area contributed by atoms with Gasteiger partial charge in [-0.15, -0.1) is 0 Å². The van der Waals surface area contributed by atoms with E-state index in [1.165, 1.54) is 23.1 Å². The number of nitrogens with zero attached hydrogens (tertiary/aromatic N) is 2. The first kappa shape index (κ1) is 24.8. The van der Waals surface area contributed by atoms with Crippen molar-refractivity contribution in [1.29, 1.82) is 0 Å². The summed E-state index contributed by atoms with van der Waals surface area (Å²) in [6, 6.07) is 19.7. The molecule has 0 spiro atoms. The minimum absolute atomic E-state index is 0.0326. The minimum atomic E-state index is -1.14. The van der Waals surface area contributed by atoms with Crippen molar-refractivity contribution in [3.05, 3.63) is 90.2 Å². The van der Waals surface area contributed by atoms with Gasteiger partial charge < -0.3 is 10.1 Å². The van der Waals surface area contributed by atoms with Crippen molar-refractivity contribution in [1.82, 2.24) is 10.4 Å². The number of halogens is 1. The fourth-order valence-electron chi connectivity index (χ4n) is 3.72. The van der Waals surface area contributed by atoms with Crippen LogP contribution in [0.25, 0.3) is 0 Å². The Hall–Kier alpha value is -4.31. The van der Waals surface area contributed by atoms with Gasteiger partial charge in [-0.25, -0.2) is 9.40 Å². The number of hydrogen-bond donors (Lipinski definition) is 2. The molecule has 4 rings (SSSR count). The van der Waals surface area contributed by atoms with Crippen LogP contribution in [-0.2, 0) is 9.59 Å². The van der Waals surface area contributed by atoms with Crippen molar-refractivity contribution >= 4 is 46.4 Å². The van der Waals surface area contributed by atoms with E-state index < -0.39 is 29.6 Å². The summed E-state index contributed by atoms with van der Waals surface area (Å²) in [5.74, 6) is -1.83. The summed E-state index contributed by atoms with van der Waals surface area (Å²) in [5.41, 5.74) is 3.28. The zero-order valence-electron chi connectivity index (χ0n) is 19.3. The highest BCUT2D eigenvalue weighted by Crippen LogP contribution is 2.26. The summed E-state index contributed by atoms with van der Waals surface area (Å²) in [5, 5.41) is 3.84. The molecular weight excluding hydrogens is 483 g/mol. The van der Waals surface area contributed by atoms with Crippen LogP contribution in [-0.4, -0.2) is 40.5 Å². The maximum atomic E-state index is 14.2. The van der Waals surface area contributed by atoms with E-state index in [-0.39, 0.29) is 17.1 Å². The summed E-state index contributed by atoms with van der Waals surface area (Å²) in [6.45, 7) is 2.38. The van der Waals surface area contributed by atoms with Crippen LogP contribution in [0.3, 0.4) is 0 Å². The molecule has 36 heavy (non-hydrogen) atoms. The lowest BCUT2D eigenvalue weighted by Gasteiger charge is -2.24. The van der Waals surface area contributed by atoms with Gasteiger partial charge in [-0.3, -0.25) is 24.7 Å². The van der Waals surface area contributed by atoms with Gasteiger partial charge in [0.15, 0.2) is 0 Å². The first-order valence-corrected chi connectivity index (χ1v) is 11.6. The molecular formula is C26H23FN4O4S. The highest BCUT2D eigenvalue weighted by atomic mass is 32.1. The van der Waals surface area contributed by atoms with Crippen molar-refractivity contribution in [2.45, 2.75) is 19.4 Å². The van der Waals surface area contributed by atoms with Crippen LogP contribution in [0, 0.1) is 5.82 Å². The molecule has 2 N–H and O–H groups in total. The molecule has 1 unspecified atom stereocenters. The van der Waals surface area contributed by atoms with Crippen LogP contribution in [0.4, 0.5) is 15.8 Å². The lowest BCUT2D eigenvalue weighted by Crippen LogP contribution is -2.50. The normalized spacial score (nSPS) is 15.1. The van der Waals surface area contributed by atoms with Crippen LogP contribution in [0.15, 0.2) is 78.9 Å². The Morgan fingerprint density at radius 3 is 2.33 bits per heavy atom. The molecule has 10 heteroatoms. The summed E-state index contributed by atoms with van der Waals surface area (Å²) in [6.07, 6.45) is -0.312. The number of hydrogen-bond acceptors (Lipinski definition) is 5.